The normalized spacial score (nSPS) is 30.2. The summed E-state index contributed by atoms with van der Waals surface area (Å²) in [4.78, 5) is 0. The molecule has 0 amide bonds. The van der Waals surface area contributed by atoms with Crippen molar-refractivity contribution in [1.82, 2.24) is 0 Å². The lowest BCUT2D eigenvalue weighted by Gasteiger charge is -2.47. The van der Waals surface area contributed by atoms with Gasteiger partial charge in [0.15, 0.2) is 0 Å². The van der Waals surface area contributed by atoms with Crippen LogP contribution in [-0.2, 0) is 21.9 Å². The molecule has 2 aromatic rings. The van der Waals surface area contributed by atoms with Crippen LogP contribution in [0.2, 0.25) is 0 Å². The molecule has 2 unspecified atom stereocenters. The number of benzene rings is 2. The molecule has 152 valence electrons. The lowest BCUT2D eigenvalue weighted by molar-refractivity contribution is -0.366. The minimum absolute atomic E-state index is 0.239. The number of aliphatic hydroxyl groups is 4. The van der Waals surface area contributed by atoms with Gasteiger partial charge in [0, 0.05) is 22.7 Å². The Labute approximate surface area is 171 Å². The van der Waals surface area contributed by atoms with Crippen LogP contribution in [0.5, 0.6) is 5.75 Å². The van der Waals surface area contributed by atoms with Gasteiger partial charge in [0.05, 0.1) is 6.61 Å². The smallest absolute Gasteiger partial charge is 0.224 e. The molecule has 0 radical (unpaired) electrons. The van der Waals surface area contributed by atoms with E-state index in [0.717, 1.165) is 10.0 Å². The Kier molecular flexibility index (Phi) is 6.72. The first-order valence-electron chi connectivity index (χ1n) is 8.77. The van der Waals surface area contributed by atoms with E-state index in [1.807, 2.05) is 30.3 Å². The zero-order valence-corrected chi connectivity index (χ0v) is 16.8. The summed E-state index contributed by atoms with van der Waals surface area (Å²) in [7, 11) is 1.32. The summed E-state index contributed by atoms with van der Waals surface area (Å²) < 4.78 is 17.8. The van der Waals surface area contributed by atoms with Crippen molar-refractivity contribution in [3.8, 4) is 5.75 Å². The molecular weight excluding hydrogens is 432 g/mol. The molecule has 1 fully saturated rings. The van der Waals surface area contributed by atoms with Crippen LogP contribution in [0.25, 0.3) is 0 Å². The van der Waals surface area contributed by atoms with Gasteiger partial charge < -0.3 is 34.6 Å². The van der Waals surface area contributed by atoms with Crippen molar-refractivity contribution in [2.24, 2.45) is 0 Å². The summed E-state index contributed by atoms with van der Waals surface area (Å²) in [6, 6.07) is 14.5. The zero-order valence-electron chi connectivity index (χ0n) is 15.2. The van der Waals surface area contributed by atoms with Gasteiger partial charge in [0.25, 0.3) is 0 Å². The maximum atomic E-state index is 10.6. The number of aliphatic hydroxyl groups excluding tert-OH is 4. The third-order valence-electron chi connectivity index (χ3n) is 4.84. The Morgan fingerprint density at radius 3 is 2.43 bits per heavy atom. The molecule has 1 aliphatic rings. The molecule has 7 nitrogen and oxygen atoms in total. The predicted octanol–water partition coefficient (Wildman–Crippen LogP) is 1.30. The van der Waals surface area contributed by atoms with E-state index in [1.165, 1.54) is 7.11 Å². The molecule has 0 aliphatic carbocycles. The van der Waals surface area contributed by atoms with E-state index < -0.39 is 36.8 Å². The Hall–Kier alpha value is -1.52. The van der Waals surface area contributed by atoms with Crippen LogP contribution >= 0.6 is 15.9 Å². The highest BCUT2D eigenvalue weighted by Gasteiger charge is 2.55. The topological polar surface area (TPSA) is 109 Å². The van der Waals surface area contributed by atoms with Crippen molar-refractivity contribution in [2.75, 3.05) is 13.7 Å². The highest BCUT2D eigenvalue weighted by atomic mass is 79.9. The first kappa shape index (κ1) is 21.2. The molecule has 0 bridgehead atoms. The Morgan fingerprint density at radius 2 is 1.79 bits per heavy atom. The van der Waals surface area contributed by atoms with Gasteiger partial charge in [-0.1, -0.05) is 40.2 Å². The largest absolute Gasteiger partial charge is 0.489 e. The summed E-state index contributed by atoms with van der Waals surface area (Å²) in [6.07, 6.45) is -5.69. The van der Waals surface area contributed by atoms with Gasteiger partial charge in [-0.15, -0.1) is 0 Å². The van der Waals surface area contributed by atoms with Gasteiger partial charge in [-0.2, -0.15) is 0 Å². The number of ether oxygens (including phenoxy) is 3. The van der Waals surface area contributed by atoms with Gasteiger partial charge in [-0.25, -0.2) is 0 Å². The van der Waals surface area contributed by atoms with E-state index in [1.54, 1.807) is 18.2 Å². The van der Waals surface area contributed by atoms with Gasteiger partial charge in [-0.05, 0) is 24.3 Å². The molecule has 28 heavy (non-hydrogen) atoms. The van der Waals surface area contributed by atoms with Crippen molar-refractivity contribution in [2.45, 2.75) is 36.8 Å². The molecule has 0 saturated carbocycles. The van der Waals surface area contributed by atoms with E-state index in [0.29, 0.717) is 11.3 Å². The minimum atomic E-state index is -1.76. The number of hydrogen-bond donors (Lipinski definition) is 4. The quantitative estimate of drug-likeness (QED) is 0.520. The van der Waals surface area contributed by atoms with E-state index in [2.05, 4.69) is 15.9 Å². The summed E-state index contributed by atoms with van der Waals surface area (Å²) in [6.45, 7) is -0.306. The van der Waals surface area contributed by atoms with E-state index in [9.17, 15) is 20.4 Å². The van der Waals surface area contributed by atoms with Crippen LogP contribution < -0.4 is 4.74 Å². The fraction of sp³-hybridized carbons (Fsp3) is 0.400. The number of para-hydroxylation sites is 1. The van der Waals surface area contributed by atoms with Crippen LogP contribution in [0.1, 0.15) is 11.1 Å². The van der Waals surface area contributed by atoms with Crippen LogP contribution in [0.3, 0.4) is 0 Å². The summed E-state index contributed by atoms with van der Waals surface area (Å²) in [5, 5.41) is 40.4. The SMILES string of the molecule is CO[C@@]1(c2ccc(Br)c(COc3ccccc3)c2)OC(CO)[C@@H](O)C(O)[C@H]1O. The molecule has 8 heteroatoms. The summed E-state index contributed by atoms with van der Waals surface area (Å²) in [5.41, 5.74) is 1.18. The first-order chi connectivity index (χ1) is 13.4. The standard InChI is InChI=1S/C20H23BrO7/c1-26-20(19(25)18(24)17(23)16(10-22)28-20)13-7-8-15(21)12(9-13)11-27-14-5-3-2-4-6-14/h2-9,16-19,22-25H,10-11H2,1H3/t16?,17-,18?,19-,20+/m1/s1. The second-order valence-electron chi connectivity index (χ2n) is 6.54. The molecule has 1 saturated heterocycles. The number of halogens is 1. The summed E-state index contributed by atoms with van der Waals surface area (Å²) >= 11 is 3.48. The van der Waals surface area contributed by atoms with Crippen molar-refractivity contribution in [3.63, 3.8) is 0 Å². The number of methoxy groups -OCH3 is 1. The Balaban J connectivity index is 1.92. The molecule has 2 aromatic carbocycles. The lowest BCUT2D eigenvalue weighted by atomic mass is 9.87. The molecule has 0 spiro atoms. The Bertz CT molecular complexity index is 785. The number of rotatable bonds is 6. The van der Waals surface area contributed by atoms with Gasteiger partial charge >= 0.3 is 0 Å². The number of hydrogen-bond acceptors (Lipinski definition) is 7. The molecule has 4 N–H and O–H groups in total. The lowest BCUT2D eigenvalue weighted by Crippen LogP contribution is -2.64. The molecule has 0 aromatic heterocycles. The third kappa shape index (κ3) is 3.95. The molecule has 3 rings (SSSR count). The summed E-state index contributed by atoms with van der Waals surface area (Å²) in [5.74, 6) is -1.05. The highest BCUT2D eigenvalue weighted by molar-refractivity contribution is 9.10. The van der Waals surface area contributed by atoms with Crippen LogP contribution in [-0.4, -0.2) is 58.6 Å². The van der Waals surface area contributed by atoms with Crippen LogP contribution in [0.15, 0.2) is 53.0 Å². The van der Waals surface area contributed by atoms with Crippen molar-refractivity contribution in [3.05, 3.63) is 64.1 Å². The molecule has 1 aliphatic heterocycles. The van der Waals surface area contributed by atoms with Crippen molar-refractivity contribution < 1.29 is 34.6 Å². The van der Waals surface area contributed by atoms with E-state index >= 15 is 0 Å². The van der Waals surface area contributed by atoms with Crippen LogP contribution in [0, 0.1) is 0 Å². The van der Waals surface area contributed by atoms with Crippen molar-refractivity contribution >= 4 is 15.9 Å². The highest BCUT2D eigenvalue weighted by Crippen LogP contribution is 2.40. The zero-order chi connectivity index (χ0) is 20.3. The Morgan fingerprint density at radius 1 is 1.07 bits per heavy atom. The predicted molar refractivity (Wildman–Crippen MR) is 104 cm³/mol. The average molecular weight is 455 g/mol. The van der Waals surface area contributed by atoms with Crippen LogP contribution in [0.4, 0.5) is 0 Å². The maximum absolute atomic E-state index is 10.6. The minimum Gasteiger partial charge on any atom is -0.489 e. The molecular formula is C20H23BrO7. The molecule has 1 heterocycles. The first-order valence-corrected chi connectivity index (χ1v) is 9.57. The fourth-order valence-corrected chi connectivity index (χ4v) is 3.61. The second-order valence-corrected chi connectivity index (χ2v) is 7.40. The van der Waals surface area contributed by atoms with E-state index in [4.69, 9.17) is 14.2 Å². The second kappa shape index (κ2) is 8.87. The third-order valence-corrected chi connectivity index (χ3v) is 5.61. The van der Waals surface area contributed by atoms with E-state index in [-0.39, 0.29) is 6.61 Å². The average Bonchev–Trinajstić information content (AvgIpc) is 2.73. The van der Waals surface area contributed by atoms with Gasteiger partial charge in [0.2, 0.25) is 5.79 Å². The van der Waals surface area contributed by atoms with Gasteiger partial charge in [0.1, 0.15) is 36.8 Å². The maximum Gasteiger partial charge on any atom is 0.224 e. The molecule has 5 atom stereocenters. The van der Waals surface area contributed by atoms with Crippen molar-refractivity contribution in [1.29, 1.82) is 0 Å². The van der Waals surface area contributed by atoms with Gasteiger partial charge in [-0.3, -0.25) is 0 Å². The fourth-order valence-electron chi connectivity index (χ4n) is 3.25. The monoisotopic (exact) mass is 454 g/mol.